The number of nitrogens with one attached hydrogen (secondary N) is 1. The summed E-state index contributed by atoms with van der Waals surface area (Å²) < 4.78 is 5.19. The first-order valence-electron chi connectivity index (χ1n) is 7.92. The van der Waals surface area contributed by atoms with Gasteiger partial charge in [0, 0.05) is 36.9 Å². The molecule has 0 aliphatic rings. The number of non-ortho nitro benzene ring substituents is 1. The molecular weight excluding hydrogens is 374 g/mol. The van der Waals surface area contributed by atoms with Crippen LogP contribution in [0, 0.1) is 10.1 Å². The molecule has 0 fully saturated rings. The Balaban J connectivity index is 2.16. The first-order chi connectivity index (χ1) is 12.7. The molecule has 2 aromatic rings. The van der Waals surface area contributed by atoms with Gasteiger partial charge in [-0.15, -0.1) is 0 Å². The van der Waals surface area contributed by atoms with Gasteiger partial charge in [0.15, 0.2) is 6.10 Å². The summed E-state index contributed by atoms with van der Waals surface area (Å²) in [6.45, 7) is 1.41. The zero-order valence-corrected chi connectivity index (χ0v) is 15.7. The molecule has 0 saturated carbocycles. The molecule has 0 unspecified atom stereocenters. The number of carbonyl (C=O) groups excluding carboxylic acids is 2. The summed E-state index contributed by atoms with van der Waals surface area (Å²) >= 11 is 5.86. The molecule has 142 valence electrons. The van der Waals surface area contributed by atoms with E-state index in [1.165, 1.54) is 19.1 Å². The fourth-order valence-electron chi connectivity index (χ4n) is 2.28. The van der Waals surface area contributed by atoms with Crippen molar-refractivity contribution in [2.24, 2.45) is 0 Å². The summed E-state index contributed by atoms with van der Waals surface area (Å²) in [6, 6.07) is 10.4. The first-order valence-corrected chi connectivity index (χ1v) is 8.30. The molecule has 0 spiro atoms. The highest BCUT2D eigenvalue weighted by molar-refractivity contribution is 6.30. The van der Waals surface area contributed by atoms with E-state index in [-0.39, 0.29) is 11.3 Å². The Morgan fingerprint density at radius 2 is 1.93 bits per heavy atom. The van der Waals surface area contributed by atoms with E-state index in [2.05, 4.69) is 5.32 Å². The van der Waals surface area contributed by atoms with Crippen LogP contribution in [-0.2, 0) is 9.53 Å². The van der Waals surface area contributed by atoms with Crippen LogP contribution in [0.4, 0.5) is 17.1 Å². The van der Waals surface area contributed by atoms with E-state index in [1.54, 1.807) is 43.3 Å². The summed E-state index contributed by atoms with van der Waals surface area (Å²) in [5.41, 5.74) is 0.646. The highest BCUT2D eigenvalue weighted by Crippen LogP contribution is 2.25. The molecular formula is C18H18ClN3O5. The van der Waals surface area contributed by atoms with E-state index in [0.29, 0.717) is 16.4 Å². The average Bonchev–Trinajstić information content (AvgIpc) is 2.60. The minimum Gasteiger partial charge on any atom is -0.449 e. The second-order valence-electron chi connectivity index (χ2n) is 5.90. The van der Waals surface area contributed by atoms with Crippen molar-refractivity contribution in [1.29, 1.82) is 0 Å². The third-order valence-corrected chi connectivity index (χ3v) is 3.87. The highest BCUT2D eigenvalue weighted by atomic mass is 35.5. The quantitative estimate of drug-likeness (QED) is 0.459. The predicted molar refractivity (Wildman–Crippen MR) is 102 cm³/mol. The molecule has 9 heteroatoms. The van der Waals surface area contributed by atoms with Gasteiger partial charge in [-0.3, -0.25) is 14.9 Å². The van der Waals surface area contributed by atoms with Gasteiger partial charge in [0.25, 0.3) is 11.6 Å². The third kappa shape index (κ3) is 5.18. The van der Waals surface area contributed by atoms with E-state index in [0.717, 1.165) is 6.07 Å². The fraction of sp³-hybridized carbons (Fsp3) is 0.222. The number of anilines is 2. The van der Waals surface area contributed by atoms with Crippen LogP contribution in [0.15, 0.2) is 42.5 Å². The van der Waals surface area contributed by atoms with Crippen molar-refractivity contribution in [2.45, 2.75) is 13.0 Å². The minimum absolute atomic E-state index is 0.00314. The monoisotopic (exact) mass is 391 g/mol. The maximum Gasteiger partial charge on any atom is 0.341 e. The summed E-state index contributed by atoms with van der Waals surface area (Å²) in [6.07, 6.45) is -1.12. The van der Waals surface area contributed by atoms with E-state index in [1.807, 2.05) is 0 Å². The van der Waals surface area contributed by atoms with Gasteiger partial charge >= 0.3 is 5.97 Å². The Labute approximate surface area is 160 Å². The third-order valence-electron chi connectivity index (χ3n) is 3.64. The van der Waals surface area contributed by atoms with Crippen LogP contribution < -0.4 is 10.2 Å². The second-order valence-corrected chi connectivity index (χ2v) is 6.34. The summed E-state index contributed by atoms with van der Waals surface area (Å²) in [5.74, 6) is -1.39. The molecule has 0 aromatic heterocycles. The normalized spacial score (nSPS) is 11.4. The number of hydrogen-bond acceptors (Lipinski definition) is 6. The molecule has 1 atom stereocenters. The molecule has 0 saturated heterocycles. The summed E-state index contributed by atoms with van der Waals surface area (Å²) in [5, 5.41) is 14.0. The number of amides is 1. The lowest BCUT2D eigenvalue weighted by atomic mass is 10.1. The molecule has 0 aliphatic heterocycles. The molecule has 8 nitrogen and oxygen atoms in total. The number of nitrogens with zero attached hydrogens (tertiary/aromatic N) is 2. The molecule has 1 amide bonds. The molecule has 1 N–H and O–H groups in total. The number of nitro groups is 1. The van der Waals surface area contributed by atoms with Gasteiger partial charge < -0.3 is 15.0 Å². The zero-order valence-electron chi connectivity index (χ0n) is 14.9. The topological polar surface area (TPSA) is 102 Å². The van der Waals surface area contributed by atoms with Gasteiger partial charge in [0.2, 0.25) is 0 Å². The predicted octanol–water partition coefficient (Wildman–Crippen LogP) is 3.50. The standard InChI is InChI=1S/C18H18ClN3O5/c1-11(17(23)20-13-6-4-5-12(19)9-13)27-18(24)15-10-14(22(25)26)7-8-16(15)21(2)3/h4-11H,1-3H3,(H,20,23)/t11-/m0/s1. The average molecular weight is 392 g/mol. The lowest BCUT2D eigenvalue weighted by molar-refractivity contribution is -0.384. The Kier molecular flexibility index (Phi) is 6.36. The van der Waals surface area contributed by atoms with Crippen molar-refractivity contribution in [2.75, 3.05) is 24.3 Å². The Morgan fingerprint density at radius 1 is 1.22 bits per heavy atom. The van der Waals surface area contributed by atoms with Crippen LogP contribution in [0.1, 0.15) is 17.3 Å². The minimum atomic E-state index is -1.12. The number of esters is 1. The fourth-order valence-corrected chi connectivity index (χ4v) is 2.47. The number of carbonyl (C=O) groups is 2. The van der Waals surface area contributed by atoms with Crippen LogP contribution in [0.2, 0.25) is 5.02 Å². The van der Waals surface area contributed by atoms with E-state index in [9.17, 15) is 19.7 Å². The lowest BCUT2D eigenvalue weighted by Crippen LogP contribution is -2.30. The van der Waals surface area contributed by atoms with Crippen LogP contribution >= 0.6 is 11.6 Å². The van der Waals surface area contributed by atoms with Crippen molar-refractivity contribution in [3.05, 3.63) is 63.2 Å². The van der Waals surface area contributed by atoms with E-state index in [4.69, 9.17) is 16.3 Å². The van der Waals surface area contributed by atoms with Crippen molar-refractivity contribution in [1.82, 2.24) is 0 Å². The van der Waals surface area contributed by atoms with Crippen LogP contribution in [0.25, 0.3) is 0 Å². The molecule has 2 aromatic carbocycles. The van der Waals surface area contributed by atoms with Gasteiger partial charge in [0.05, 0.1) is 16.2 Å². The maximum atomic E-state index is 12.5. The number of hydrogen-bond donors (Lipinski definition) is 1. The van der Waals surface area contributed by atoms with Crippen LogP contribution in [-0.4, -0.2) is 37.0 Å². The second kappa shape index (κ2) is 8.50. The smallest absolute Gasteiger partial charge is 0.341 e. The first kappa shape index (κ1) is 20.2. The van der Waals surface area contributed by atoms with Crippen molar-refractivity contribution in [3.63, 3.8) is 0 Å². The van der Waals surface area contributed by atoms with Crippen LogP contribution in [0.5, 0.6) is 0 Å². The van der Waals surface area contributed by atoms with Crippen molar-refractivity contribution >= 4 is 40.5 Å². The van der Waals surface area contributed by atoms with Gasteiger partial charge in [-0.05, 0) is 31.2 Å². The number of halogens is 1. The largest absolute Gasteiger partial charge is 0.449 e. The van der Waals surface area contributed by atoms with Crippen molar-refractivity contribution in [3.8, 4) is 0 Å². The number of ether oxygens (including phenoxy) is 1. The van der Waals surface area contributed by atoms with Crippen LogP contribution in [0.3, 0.4) is 0 Å². The van der Waals surface area contributed by atoms with Crippen molar-refractivity contribution < 1.29 is 19.2 Å². The Bertz CT molecular complexity index is 885. The summed E-state index contributed by atoms with van der Waals surface area (Å²) in [7, 11) is 3.38. The van der Waals surface area contributed by atoms with Gasteiger partial charge in [0.1, 0.15) is 0 Å². The van der Waals surface area contributed by atoms with E-state index >= 15 is 0 Å². The molecule has 0 radical (unpaired) electrons. The number of benzene rings is 2. The van der Waals surface area contributed by atoms with Gasteiger partial charge in [-0.1, -0.05) is 17.7 Å². The number of rotatable bonds is 6. The molecule has 2 rings (SSSR count). The van der Waals surface area contributed by atoms with Gasteiger partial charge in [-0.2, -0.15) is 0 Å². The maximum absolute atomic E-state index is 12.5. The number of nitro benzene ring substituents is 1. The van der Waals surface area contributed by atoms with E-state index < -0.39 is 22.9 Å². The highest BCUT2D eigenvalue weighted by Gasteiger charge is 2.24. The zero-order chi connectivity index (χ0) is 20.1. The summed E-state index contributed by atoms with van der Waals surface area (Å²) in [4.78, 5) is 36.7. The lowest BCUT2D eigenvalue weighted by Gasteiger charge is -2.18. The SMILES string of the molecule is C[C@H](OC(=O)c1cc([N+](=O)[O-])ccc1N(C)C)C(=O)Nc1cccc(Cl)c1. The Morgan fingerprint density at radius 3 is 2.52 bits per heavy atom. The molecule has 0 bridgehead atoms. The van der Waals surface area contributed by atoms with Gasteiger partial charge in [-0.25, -0.2) is 4.79 Å². The molecule has 0 heterocycles. The molecule has 0 aliphatic carbocycles. The Hall–Kier alpha value is -3.13. The molecule has 27 heavy (non-hydrogen) atoms.